The van der Waals surface area contributed by atoms with Crippen LogP contribution >= 0.6 is 35.0 Å². The summed E-state index contributed by atoms with van der Waals surface area (Å²) in [7, 11) is 2.08. The van der Waals surface area contributed by atoms with E-state index in [9.17, 15) is 9.59 Å². The number of rotatable bonds is 5. The summed E-state index contributed by atoms with van der Waals surface area (Å²) in [5.74, 6) is 0.312. The Kier molecular flexibility index (Phi) is 8.53. The minimum absolute atomic E-state index is 0.0437. The first-order valence-electron chi connectivity index (χ1n) is 15.0. The van der Waals surface area contributed by atoms with Gasteiger partial charge >= 0.3 is 0 Å². The molecular weight excluding hydrogens is 589 g/mol. The van der Waals surface area contributed by atoms with Gasteiger partial charge in [0.05, 0.1) is 17.0 Å². The van der Waals surface area contributed by atoms with E-state index in [4.69, 9.17) is 28.2 Å². The number of piperazine rings is 1. The van der Waals surface area contributed by atoms with Gasteiger partial charge in [0, 0.05) is 48.0 Å². The highest BCUT2D eigenvalue weighted by Crippen LogP contribution is 2.50. The fourth-order valence-corrected chi connectivity index (χ4v) is 8.63. The number of fused-ring (bicyclic) bond motifs is 1. The largest absolute Gasteiger partial charge is 0.338 e. The molecule has 1 aliphatic carbocycles. The van der Waals surface area contributed by atoms with Crippen LogP contribution in [0, 0.1) is 5.92 Å². The molecule has 4 aliphatic heterocycles. The number of likely N-dealkylation sites (N-methyl/N-ethyl adjacent to an activating group) is 1. The zero-order valence-corrected chi connectivity index (χ0v) is 27.1. The zero-order valence-electron chi connectivity index (χ0n) is 24.7. The number of allylic oxidation sites excluding steroid dienone is 4. The Morgan fingerprint density at radius 3 is 2.43 bits per heavy atom. The molecule has 6 rings (SSSR count). The standard InChI is InChI=1S/C32H39Cl2N5O2S/c1-5-24-11-13-26(30(40)37-16-14-36(4)15-17-37)39(24)31(41)29-20(3)38-28(21-6-8-22(33)9-7-21)27(35-32(38)42-29)25-12-10-23(34)18-19(25)2/h6-10,12,19,24,26-28H,5,11,13-18H2,1-4H3/t19?,24-,26?,27+,28-/m1/s1. The number of benzene rings is 1. The van der Waals surface area contributed by atoms with Crippen molar-refractivity contribution in [3.63, 3.8) is 0 Å². The topological polar surface area (TPSA) is 59.5 Å². The molecule has 2 amide bonds. The molecular formula is C32H39Cl2N5O2S. The van der Waals surface area contributed by atoms with Crippen LogP contribution in [0.5, 0.6) is 0 Å². The van der Waals surface area contributed by atoms with Crippen molar-refractivity contribution < 1.29 is 9.59 Å². The number of carbonyl (C=O) groups is 2. The third-order valence-corrected chi connectivity index (χ3v) is 11.2. The summed E-state index contributed by atoms with van der Waals surface area (Å²) in [6.45, 7) is 9.49. The SMILES string of the molecule is CC[C@@H]1CCC(C(=O)N2CCN(C)CC2)N1C(=O)C1=C(C)N2C(=N[C@@H](C3=CC=C(Cl)CC3C)[C@H]2c2ccc(Cl)cc2)S1. The van der Waals surface area contributed by atoms with E-state index in [2.05, 4.69) is 48.9 Å². The number of carbonyl (C=O) groups excluding carboxylic acids is 2. The Labute approximate surface area is 263 Å². The summed E-state index contributed by atoms with van der Waals surface area (Å²) < 4.78 is 0. The minimum Gasteiger partial charge on any atom is -0.338 e. The molecule has 0 saturated carbocycles. The second-order valence-electron chi connectivity index (χ2n) is 12.1. The maximum atomic E-state index is 14.4. The van der Waals surface area contributed by atoms with Gasteiger partial charge in [0.1, 0.15) is 6.04 Å². The van der Waals surface area contributed by atoms with Crippen LogP contribution in [-0.2, 0) is 9.59 Å². The number of halogens is 2. The second-order valence-corrected chi connectivity index (χ2v) is 14.0. The Morgan fingerprint density at radius 1 is 1.05 bits per heavy atom. The highest BCUT2D eigenvalue weighted by atomic mass is 35.5. The molecule has 0 N–H and O–H groups in total. The van der Waals surface area contributed by atoms with Crippen LogP contribution in [-0.4, -0.2) is 87.9 Å². The number of hydrogen-bond acceptors (Lipinski definition) is 6. The highest BCUT2D eigenvalue weighted by molar-refractivity contribution is 8.18. The lowest BCUT2D eigenvalue weighted by atomic mass is 9.83. The van der Waals surface area contributed by atoms with Gasteiger partial charge in [-0.15, -0.1) is 0 Å². The van der Waals surface area contributed by atoms with E-state index in [1.165, 1.54) is 17.3 Å². The van der Waals surface area contributed by atoms with Crippen LogP contribution in [0.1, 0.15) is 58.1 Å². The zero-order chi connectivity index (χ0) is 29.7. The van der Waals surface area contributed by atoms with Crippen molar-refractivity contribution in [3.8, 4) is 0 Å². The number of amidine groups is 1. The molecule has 1 aromatic carbocycles. The predicted octanol–water partition coefficient (Wildman–Crippen LogP) is 6.03. The Morgan fingerprint density at radius 2 is 1.76 bits per heavy atom. The van der Waals surface area contributed by atoms with E-state index in [0.29, 0.717) is 29.4 Å². The molecule has 7 nitrogen and oxygen atoms in total. The van der Waals surface area contributed by atoms with E-state index < -0.39 is 6.04 Å². The van der Waals surface area contributed by atoms with Crippen LogP contribution in [0.15, 0.2) is 62.6 Å². The Balaban J connectivity index is 1.32. The predicted molar refractivity (Wildman–Crippen MR) is 171 cm³/mol. The Hall–Kier alpha value is -2.26. The summed E-state index contributed by atoms with van der Waals surface area (Å²) in [6.07, 6.45) is 7.30. The van der Waals surface area contributed by atoms with Gasteiger partial charge in [-0.3, -0.25) is 14.6 Å². The fourth-order valence-electron chi connectivity index (χ4n) is 7.07. The van der Waals surface area contributed by atoms with Gasteiger partial charge in [0.15, 0.2) is 5.17 Å². The fraction of sp³-hybridized carbons (Fsp3) is 0.531. The summed E-state index contributed by atoms with van der Waals surface area (Å²) in [5, 5.41) is 2.38. The molecule has 42 heavy (non-hydrogen) atoms. The van der Waals surface area contributed by atoms with E-state index in [1.807, 2.05) is 34.9 Å². The van der Waals surface area contributed by atoms with Gasteiger partial charge in [-0.25, -0.2) is 0 Å². The maximum absolute atomic E-state index is 14.4. The maximum Gasteiger partial charge on any atom is 0.263 e. The van der Waals surface area contributed by atoms with Crippen LogP contribution < -0.4 is 0 Å². The quantitative estimate of drug-likeness (QED) is 0.399. The van der Waals surface area contributed by atoms with E-state index in [1.54, 1.807) is 0 Å². The van der Waals surface area contributed by atoms with E-state index in [-0.39, 0.29) is 35.9 Å². The van der Waals surface area contributed by atoms with Crippen LogP contribution in [0.2, 0.25) is 5.02 Å². The smallest absolute Gasteiger partial charge is 0.263 e. The van der Waals surface area contributed by atoms with Gasteiger partial charge in [-0.1, -0.05) is 55.3 Å². The number of aliphatic imine (C=N–C) groups is 1. The van der Waals surface area contributed by atoms with Gasteiger partial charge < -0.3 is 19.6 Å². The van der Waals surface area contributed by atoms with Crippen LogP contribution in [0.4, 0.5) is 0 Å². The molecule has 5 atom stereocenters. The Bertz CT molecular complexity index is 1380. The molecule has 2 unspecified atom stereocenters. The van der Waals surface area contributed by atoms with Crippen molar-refractivity contribution in [2.45, 2.75) is 70.6 Å². The molecule has 0 aromatic heterocycles. The lowest BCUT2D eigenvalue weighted by Gasteiger charge is -2.37. The normalized spacial score (nSPS) is 30.0. The molecule has 2 saturated heterocycles. The highest BCUT2D eigenvalue weighted by Gasteiger charge is 2.49. The second kappa shape index (κ2) is 12.0. The number of amides is 2. The van der Waals surface area contributed by atoms with Gasteiger partial charge in [-0.2, -0.15) is 0 Å². The van der Waals surface area contributed by atoms with E-state index in [0.717, 1.165) is 53.8 Å². The van der Waals surface area contributed by atoms with Crippen molar-refractivity contribution in [3.05, 3.63) is 68.2 Å². The number of nitrogens with zero attached hydrogens (tertiary/aromatic N) is 5. The first-order chi connectivity index (χ1) is 20.2. The summed E-state index contributed by atoms with van der Waals surface area (Å²) >= 11 is 14.1. The molecule has 0 bridgehead atoms. The van der Waals surface area contributed by atoms with Gasteiger partial charge in [0.25, 0.3) is 5.91 Å². The van der Waals surface area contributed by atoms with E-state index >= 15 is 0 Å². The molecule has 0 radical (unpaired) electrons. The number of thioether (sulfide) groups is 1. The van der Waals surface area contributed by atoms with Gasteiger partial charge in [0.2, 0.25) is 5.91 Å². The molecule has 4 heterocycles. The first-order valence-corrected chi connectivity index (χ1v) is 16.6. The molecule has 1 aromatic rings. The van der Waals surface area contributed by atoms with Crippen molar-refractivity contribution in [2.24, 2.45) is 10.9 Å². The average molecular weight is 629 g/mol. The molecule has 2 fully saturated rings. The minimum atomic E-state index is -0.409. The summed E-state index contributed by atoms with van der Waals surface area (Å²) in [4.78, 5) is 42.4. The van der Waals surface area contributed by atoms with Crippen LogP contribution in [0.25, 0.3) is 0 Å². The molecule has 10 heteroatoms. The van der Waals surface area contributed by atoms with Crippen LogP contribution in [0.3, 0.4) is 0 Å². The third kappa shape index (κ3) is 5.33. The third-order valence-electron chi connectivity index (χ3n) is 9.50. The molecule has 224 valence electrons. The van der Waals surface area contributed by atoms with Gasteiger partial charge in [-0.05, 0) is 86.7 Å². The lowest BCUT2D eigenvalue weighted by Crippen LogP contribution is -2.54. The van der Waals surface area contributed by atoms with Crippen molar-refractivity contribution >= 4 is 51.9 Å². The molecule has 0 spiro atoms. The first kappa shape index (κ1) is 29.8. The van der Waals surface area contributed by atoms with Crippen molar-refractivity contribution in [2.75, 3.05) is 33.2 Å². The molecule has 5 aliphatic rings. The average Bonchev–Trinajstić information content (AvgIpc) is 3.66. The summed E-state index contributed by atoms with van der Waals surface area (Å²) in [6, 6.07) is 7.41. The van der Waals surface area contributed by atoms with Crippen molar-refractivity contribution in [1.29, 1.82) is 0 Å². The number of likely N-dealkylation sites (tertiary alicyclic amines) is 1. The van der Waals surface area contributed by atoms with Crippen molar-refractivity contribution in [1.82, 2.24) is 19.6 Å². The number of hydrogen-bond donors (Lipinski definition) is 0. The summed E-state index contributed by atoms with van der Waals surface area (Å²) in [5.41, 5.74) is 3.24. The lowest BCUT2D eigenvalue weighted by molar-refractivity contribution is -0.144. The monoisotopic (exact) mass is 627 g/mol.